The molecule has 1 aromatic carbocycles. The molecule has 2 aromatic rings. The molecule has 0 saturated carbocycles. The van der Waals surface area contributed by atoms with Crippen molar-refractivity contribution in [3.05, 3.63) is 35.5 Å². The van der Waals surface area contributed by atoms with Gasteiger partial charge in [-0.25, -0.2) is 8.42 Å². The van der Waals surface area contributed by atoms with E-state index in [1.165, 1.54) is 18.3 Å². The zero-order valence-electron chi connectivity index (χ0n) is 9.54. The minimum absolute atomic E-state index is 0.0188. The van der Waals surface area contributed by atoms with Gasteiger partial charge in [-0.15, -0.1) is 0 Å². The van der Waals surface area contributed by atoms with Crippen LogP contribution in [0.2, 0.25) is 5.02 Å². The van der Waals surface area contributed by atoms with E-state index in [-0.39, 0.29) is 20.6 Å². The van der Waals surface area contributed by atoms with Crippen molar-refractivity contribution in [2.75, 3.05) is 4.72 Å². The molecule has 0 aliphatic rings. The first-order valence-electron chi connectivity index (χ1n) is 4.96. The van der Waals surface area contributed by atoms with Crippen LogP contribution in [0, 0.1) is 0 Å². The van der Waals surface area contributed by atoms with Gasteiger partial charge in [-0.05, 0) is 24.3 Å². The molecule has 0 aliphatic heterocycles. The smallest absolute Gasteiger partial charge is 0.277 e. The number of benzene rings is 1. The van der Waals surface area contributed by atoms with Gasteiger partial charge in [0.1, 0.15) is 0 Å². The lowest BCUT2D eigenvalue weighted by molar-refractivity contribution is 0.597. The molecule has 0 bridgehead atoms. The van der Waals surface area contributed by atoms with Crippen molar-refractivity contribution in [1.82, 2.24) is 10.2 Å². The number of nitrogens with zero attached hydrogens (tertiary/aromatic N) is 1. The van der Waals surface area contributed by atoms with Crippen LogP contribution in [-0.4, -0.2) is 27.0 Å². The van der Waals surface area contributed by atoms with E-state index in [1.807, 2.05) is 0 Å². The van der Waals surface area contributed by atoms with E-state index in [0.717, 1.165) is 12.1 Å². The molecular weight excluding hydrogens is 349 g/mol. The topological polar surface area (TPSA) is 109 Å². The van der Waals surface area contributed by atoms with Crippen LogP contribution >= 0.6 is 22.3 Å². The highest BCUT2D eigenvalue weighted by Gasteiger charge is 2.18. The fourth-order valence-corrected chi connectivity index (χ4v) is 3.44. The molecule has 0 spiro atoms. The lowest BCUT2D eigenvalue weighted by Crippen LogP contribution is -2.13. The highest BCUT2D eigenvalue weighted by molar-refractivity contribution is 8.13. The number of anilines is 1. The van der Waals surface area contributed by atoms with Crippen LogP contribution in [0.3, 0.4) is 0 Å². The summed E-state index contributed by atoms with van der Waals surface area (Å²) in [5.41, 5.74) is 0.0188. The maximum atomic E-state index is 11.9. The number of aromatic nitrogens is 2. The third kappa shape index (κ3) is 3.23. The standard InChI is InChI=1S/C9H7Cl2N3O4S2/c10-7-5-6(19(11,15)16)1-2-8(7)14-20(17,18)9-3-4-12-13-9/h1-5,14H,(H,12,13). The first-order valence-corrected chi connectivity index (χ1v) is 9.13. The van der Waals surface area contributed by atoms with Crippen LogP contribution in [0.25, 0.3) is 0 Å². The number of sulfonamides is 1. The van der Waals surface area contributed by atoms with Gasteiger partial charge in [-0.3, -0.25) is 9.82 Å². The molecule has 2 N–H and O–H groups in total. The summed E-state index contributed by atoms with van der Waals surface area (Å²) in [6.07, 6.45) is 1.28. The largest absolute Gasteiger partial charge is 0.278 e. The zero-order chi connectivity index (χ0) is 15.0. The lowest BCUT2D eigenvalue weighted by Gasteiger charge is -2.08. The van der Waals surface area contributed by atoms with Crippen molar-refractivity contribution < 1.29 is 16.8 Å². The van der Waals surface area contributed by atoms with Gasteiger partial charge in [0.2, 0.25) is 0 Å². The normalized spacial score (nSPS) is 12.3. The first-order chi connectivity index (χ1) is 9.20. The molecule has 20 heavy (non-hydrogen) atoms. The summed E-state index contributed by atoms with van der Waals surface area (Å²) in [6.45, 7) is 0. The molecule has 0 atom stereocenters. The molecule has 1 aromatic heterocycles. The third-order valence-corrected chi connectivity index (χ3v) is 5.19. The van der Waals surface area contributed by atoms with Crippen LogP contribution in [-0.2, 0) is 19.1 Å². The number of nitrogens with one attached hydrogen (secondary N) is 2. The van der Waals surface area contributed by atoms with E-state index in [9.17, 15) is 16.8 Å². The van der Waals surface area contributed by atoms with Crippen LogP contribution in [0.15, 0.2) is 40.4 Å². The molecule has 0 amide bonds. The Kier molecular flexibility index (Phi) is 3.96. The number of hydrogen-bond acceptors (Lipinski definition) is 5. The fraction of sp³-hybridized carbons (Fsp3) is 0. The molecule has 0 saturated heterocycles. The summed E-state index contributed by atoms with van der Waals surface area (Å²) in [4.78, 5) is -0.228. The summed E-state index contributed by atoms with van der Waals surface area (Å²) in [7, 11) is -2.65. The van der Waals surface area contributed by atoms with E-state index in [0.29, 0.717) is 0 Å². The van der Waals surface area contributed by atoms with Crippen molar-refractivity contribution in [2.45, 2.75) is 9.92 Å². The molecule has 7 nitrogen and oxygen atoms in total. The number of H-pyrrole nitrogens is 1. The van der Waals surface area contributed by atoms with Gasteiger partial charge in [-0.1, -0.05) is 11.6 Å². The predicted molar refractivity (Wildman–Crippen MR) is 73.9 cm³/mol. The van der Waals surface area contributed by atoms with Gasteiger partial charge in [0.05, 0.1) is 21.8 Å². The number of rotatable bonds is 4. The molecule has 11 heteroatoms. The molecule has 0 unspecified atom stereocenters. The van der Waals surface area contributed by atoms with Crippen LogP contribution in [0.5, 0.6) is 0 Å². The van der Waals surface area contributed by atoms with Crippen LogP contribution < -0.4 is 4.72 Å². The first kappa shape index (κ1) is 15.1. The van der Waals surface area contributed by atoms with Crippen molar-refractivity contribution in [2.24, 2.45) is 0 Å². The Morgan fingerprint density at radius 3 is 2.35 bits per heavy atom. The maximum absolute atomic E-state index is 11.9. The fourth-order valence-electron chi connectivity index (χ4n) is 1.32. The van der Waals surface area contributed by atoms with Gasteiger partial charge in [0.25, 0.3) is 19.1 Å². The highest BCUT2D eigenvalue weighted by Crippen LogP contribution is 2.28. The summed E-state index contributed by atoms with van der Waals surface area (Å²) < 4.78 is 48.3. The number of halogens is 2. The zero-order valence-corrected chi connectivity index (χ0v) is 12.7. The van der Waals surface area contributed by atoms with E-state index in [2.05, 4.69) is 14.9 Å². The van der Waals surface area contributed by atoms with E-state index < -0.39 is 19.1 Å². The second-order valence-electron chi connectivity index (χ2n) is 3.61. The van der Waals surface area contributed by atoms with E-state index in [1.54, 1.807) is 0 Å². The summed E-state index contributed by atoms with van der Waals surface area (Å²) in [5, 5.41) is 5.56. The van der Waals surface area contributed by atoms with Crippen molar-refractivity contribution >= 4 is 47.0 Å². The summed E-state index contributed by atoms with van der Waals surface area (Å²) >= 11 is 5.83. The second-order valence-corrected chi connectivity index (χ2v) is 8.23. The molecule has 0 aliphatic carbocycles. The number of hydrogen-bond donors (Lipinski definition) is 2. The second kappa shape index (κ2) is 5.24. The summed E-state index contributed by atoms with van der Waals surface area (Å²) in [6, 6.07) is 4.65. The van der Waals surface area contributed by atoms with Gasteiger partial charge in [-0.2, -0.15) is 13.5 Å². The number of aromatic amines is 1. The Morgan fingerprint density at radius 2 is 1.85 bits per heavy atom. The van der Waals surface area contributed by atoms with E-state index >= 15 is 0 Å². The van der Waals surface area contributed by atoms with Gasteiger partial charge in [0.15, 0.2) is 5.03 Å². The average molecular weight is 356 g/mol. The Labute approximate surface area is 124 Å². The SMILES string of the molecule is O=S(=O)(Cl)c1ccc(NS(=O)(=O)c2ccn[nH]2)c(Cl)c1. The van der Waals surface area contributed by atoms with Gasteiger partial charge < -0.3 is 0 Å². The Hall–Kier alpha value is -1.29. The molecule has 108 valence electrons. The predicted octanol–water partition coefficient (Wildman–Crippen LogP) is 1.79. The monoisotopic (exact) mass is 355 g/mol. The molecule has 1 heterocycles. The Bertz CT molecular complexity index is 832. The molecule has 0 radical (unpaired) electrons. The van der Waals surface area contributed by atoms with Crippen molar-refractivity contribution in [1.29, 1.82) is 0 Å². The van der Waals surface area contributed by atoms with Crippen molar-refractivity contribution in [3.63, 3.8) is 0 Å². The minimum atomic E-state index is -3.93. The maximum Gasteiger partial charge on any atom is 0.278 e. The minimum Gasteiger partial charge on any atom is -0.277 e. The Balaban J connectivity index is 2.37. The van der Waals surface area contributed by atoms with Gasteiger partial charge >= 0.3 is 0 Å². The quantitative estimate of drug-likeness (QED) is 0.812. The highest BCUT2D eigenvalue weighted by atomic mass is 35.7. The third-order valence-electron chi connectivity index (χ3n) is 2.23. The lowest BCUT2D eigenvalue weighted by atomic mass is 10.3. The van der Waals surface area contributed by atoms with Crippen molar-refractivity contribution in [3.8, 4) is 0 Å². The molecule has 0 fully saturated rings. The molecule has 2 rings (SSSR count). The van der Waals surface area contributed by atoms with Gasteiger partial charge in [0, 0.05) is 10.7 Å². The van der Waals surface area contributed by atoms with Crippen LogP contribution in [0.1, 0.15) is 0 Å². The Morgan fingerprint density at radius 1 is 1.15 bits per heavy atom. The van der Waals surface area contributed by atoms with E-state index in [4.69, 9.17) is 22.3 Å². The molecular formula is C9H7Cl2N3O4S2. The van der Waals surface area contributed by atoms with Crippen LogP contribution in [0.4, 0.5) is 5.69 Å². The summed E-state index contributed by atoms with van der Waals surface area (Å²) in [5.74, 6) is 0. The average Bonchev–Trinajstić information content (AvgIpc) is 2.84.